The Hall–Kier alpha value is -1.52. The molecule has 3 nitrogen and oxygen atoms in total. The maximum Gasteiger partial charge on any atom is 0.226 e. The average Bonchev–Trinajstić information content (AvgIpc) is 2.44. The largest absolute Gasteiger partial charge is 0.385 e. The Labute approximate surface area is 131 Å². The molecule has 20 heavy (non-hydrogen) atoms. The third-order valence-electron chi connectivity index (χ3n) is 2.65. The van der Waals surface area contributed by atoms with Crippen molar-refractivity contribution in [2.45, 2.75) is 6.42 Å². The van der Waals surface area contributed by atoms with Crippen LogP contribution in [0.1, 0.15) is 6.42 Å². The molecule has 0 radical (unpaired) electrons. The summed E-state index contributed by atoms with van der Waals surface area (Å²) in [4.78, 5) is 11.8. The maximum absolute atomic E-state index is 11.8. The van der Waals surface area contributed by atoms with Crippen LogP contribution in [0.15, 0.2) is 53.0 Å². The van der Waals surface area contributed by atoms with Gasteiger partial charge in [-0.2, -0.15) is 0 Å². The molecule has 0 aliphatic heterocycles. The Morgan fingerprint density at radius 1 is 1.00 bits per heavy atom. The molecule has 0 unspecified atom stereocenters. The van der Waals surface area contributed by atoms with E-state index in [4.69, 9.17) is 11.6 Å². The summed E-state index contributed by atoms with van der Waals surface area (Å²) < 4.78 is 1.03. The lowest BCUT2D eigenvalue weighted by atomic mass is 10.3. The fourth-order valence-corrected chi connectivity index (χ4v) is 2.04. The van der Waals surface area contributed by atoms with Gasteiger partial charge in [-0.3, -0.25) is 4.79 Å². The average molecular weight is 354 g/mol. The number of anilines is 2. The highest BCUT2D eigenvalue weighted by Crippen LogP contribution is 2.15. The predicted molar refractivity (Wildman–Crippen MR) is 87.3 cm³/mol. The van der Waals surface area contributed by atoms with Gasteiger partial charge < -0.3 is 10.6 Å². The Kier molecular flexibility index (Phi) is 5.44. The van der Waals surface area contributed by atoms with Gasteiger partial charge >= 0.3 is 0 Å². The van der Waals surface area contributed by atoms with Crippen molar-refractivity contribution >= 4 is 44.8 Å². The van der Waals surface area contributed by atoms with Crippen LogP contribution >= 0.6 is 27.5 Å². The minimum Gasteiger partial charge on any atom is -0.385 e. The summed E-state index contributed by atoms with van der Waals surface area (Å²) in [5.41, 5.74) is 1.75. The standard InChI is InChI=1S/C15H14BrClN2O/c16-11-1-5-13(6-2-11)18-10-9-15(20)19-14-7-3-12(17)4-8-14/h1-8,18H,9-10H2,(H,19,20). The number of carbonyl (C=O) groups is 1. The van der Waals surface area contributed by atoms with E-state index in [-0.39, 0.29) is 5.91 Å². The zero-order valence-corrected chi connectivity index (χ0v) is 13.0. The Morgan fingerprint density at radius 3 is 2.25 bits per heavy atom. The van der Waals surface area contributed by atoms with E-state index in [0.29, 0.717) is 18.0 Å². The zero-order chi connectivity index (χ0) is 14.4. The molecular weight excluding hydrogens is 340 g/mol. The highest BCUT2D eigenvalue weighted by atomic mass is 79.9. The third kappa shape index (κ3) is 4.87. The first-order valence-corrected chi connectivity index (χ1v) is 7.35. The molecule has 0 spiro atoms. The maximum atomic E-state index is 11.8. The van der Waals surface area contributed by atoms with Crippen LogP contribution in [0.25, 0.3) is 0 Å². The van der Waals surface area contributed by atoms with E-state index in [1.54, 1.807) is 24.3 Å². The summed E-state index contributed by atoms with van der Waals surface area (Å²) in [5, 5.41) is 6.67. The van der Waals surface area contributed by atoms with Crippen LogP contribution in [0.5, 0.6) is 0 Å². The van der Waals surface area contributed by atoms with E-state index < -0.39 is 0 Å². The third-order valence-corrected chi connectivity index (χ3v) is 3.43. The van der Waals surface area contributed by atoms with Crippen molar-refractivity contribution < 1.29 is 4.79 Å². The van der Waals surface area contributed by atoms with E-state index in [9.17, 15) is 4.79 Å². The first-order chi connectivity index (χ1) is 9.63. The first-order valence-electron chi connectivity index (χ1n) is 6.18. The van der Waals surface area contributed by atoms with Crippen LogP contribution in [-0.4, -0.2) is 12.5 Å². The van der Waals surface area contributed by atoms with Crippen LogP contribution in [0, 0.1) is 0 Å². The van der Waals surface area contributed by atoms with Gasteiger partial charge in [0.15, 0.2) is 0 Å². The summed E-state index contributed by atoms with van der Waals surface area (Å²) in [6.45, 7) is 0.584. The summed E-state index contributed by atoms with van der Waals surface area (Å²) in [6.07, 6.45) is 0.401. The fraction of sp³-hybridized carbons (Fsp3) is 0.133. The van der Waals surface area contributed by atoms with Gasteiger partial charge in [-0.25, -0.2) is 0 Å². The molecule has 5 heteroatoms. The van der Waals surface area contributed by atoms with Gasteiger partial charge in [-0.05, 0) is 48.5 Å². The van der Waals surface area contributed by atoms with Crippen LogP contribution in [0.3, 0.4) is 0 Å². The molecule has 0 saturated carbocycles. The highest BCUT2D eigenvalue weighted by molar-refractivity contribution is 9.10. The number of rotatable bonds is 5. The van der Waals surface area contributed by atoms with Crippen molar-refractivity contribution in [3.8, 4) is 0 Å². The summed E-state index contributed by atoms with van der Waals surface area (Å²) in [5.74, 6) is -0.0306. The van der Waals surface area contributed by atoms with Gasteiger partial charge in [-0.15, -0.1) is 0 Å². The van der Waals surface area contributed by atoms with Crippen LogP contribution in [0.4, 0.5) is 11.4 Å². The van der Waals surface area contributed by atoms with Gasteiger partial charge in [0.2, 0.25) is 5.91 Å². The molecule has 0 aliphatic carbocycles. The molecule has 0 heterocycles. The molecule has 0 atom stereocenters. The quantitative estimate of drug-likeness (QED) is 0.828. The molecule has 1 amide bonds. The Bertz CT molecular complexity index is 569. The van der Waals surface area contributed by atoms with Crippen LogP contribution in [0.2, 0.25) is 5.02 Å². The number of nitrogens with one attached hydrogen (secondary N) is 2. The Balaban J connectivity index is 1.75. The molecule has 2 aromatic carbocycles. The van der Waals surface area contributed by atoms with Crippen molar-refractivity contribution in [3.63, 3.8) is 0 Å². The van der Waals surface area contributed by atoms with Crippen molar-refractivity contribution in [1.29, 1.82) is 0 Å². The molecule has 0 fully saturated rings. The fourth-order valence-electron chi connectivity index (χ4n) is 1.64. The van der Waals surface area contributed by atoms with Crippen molar-refractivity contribution in [2.75, 3.05) is 17.2 Å². The molecule has 2 rings (SSSR count). The topological polar surface area (TPSA) is 41.1 Å². The minimum atomic E-state index is -0.0306. The van der Waals surface area contributed by atoms with Crippen molar-refractivity contribution in [2.24, 2.45) is 0 Å². The normalized spacial score (nSPS) is 10.1. The monoisotopic (exact) mass is 352 g/mol. The van der Waals surface area contributed by atoms with Gasteiger partial charge in [-0.1, -0.05) is 27.5 Å². The van der Waals surface area contributed by atoms with Crippen molar-refractivity contribution in [1.82, 2.24) is 0 Å². The van der Waals surface area contributed by atoms with E-state index in [0.717, 1.165) is 15.8 Å². The Morgan fingerprint density at radius 2 is 1.60 bits per heavy atom. The van der Waals surface area contributed by atoms with E-state index in [2.05, 4.69) is 26.6 Å². The summed E-state index contributed by atoms with van der Waals surface area (Å²) in [7, 11) is 0. The van der Waals surface area contributed by atoms with Gasteiger partial charge in [0.05, 0.1) is 0 Å². The van der Waals surface area contributed by atoms with Crippen LogP contribution < -0.4 is 10.6 Å². The molecular formula is C15H14BrClN2O. The number of benzene rings is 2. The lowest BCUT2D eigenvalue weighted by Gasteiger charge is -2.07. The van der Waals surface area contributed by atoms with E-state index in [1.807, 2.05) is 24.3 Å². The van der Waals surface area contributed by atoms with Gasteiger partial charge in [0.1, 0.15) is 0 Å². The number of hydrogen-bond acceptors (Lipinski definition) is 2. The molecule has 0 saturated heterocycles. The number of halogens is 2. The molecule has 0 aliphatic rings. The number of amides is 1. The smallest absolute Gasteiger partial charge is 0.226 e. The zero-order valence-electron chi connectivity index (χ0n) is 10.7. The van der Waals surface area contributed by atoms with Crippen LogP contribution in [-0.2, 0) is 4.79 Å². The molecule has 0 aromatic heterocycles. The predicted octanol–water partition coefficient (Wildman–Crippen LogP) is 4.54. The second kappa shape index (κ2) is 7.31. The molecule has 0 bridgehead atoms. The second-order valence-electron chi connectivity index (χ2n) is 4.24. The molecule has 2 aromatic rings. The second-order valence-corrected chi connectivity index (χ2v) is 5.59. The van der Waals surface area contributed by atoms with E-state index >= 15 is 0 Å². The SMILES string of the molecule is O=C(CCNc1ccc(Br)cc1)Nc1ccc(Cl)cc1. The summed E-state index contributed by atoms with van der Waals surface area (Å²) >= 11 is 9.16. The number of hydrogen-bond donors (Lipinski definition) is 2. The number of carbonyl (C=O) groups excluding carboxylic acids is 1. The highest BCUT2D eigenvalue weighted by Gasteiger charge is 2.02. The lowest BCUT2D eigenvalue weighted by Crippen LogP contribution is -2.16. The molecule has 104 valence electrons. The first kappa shape index (κ1) is 14.9. The van der Waals surface area contributed by atoms with Gasteiger partial charge in [0, 0.05) is 33.8 Å². The summed E-state index contributed by atoms with van der Waals surface area (Å²) in [6, 6.07) is 14.9. The van der Waals surface area contributed by atoms with Gasteiger partial charge in [0.25, 0.3) is 0 Å². The molecule has 2 N–H and O–H groups in total. The minimum absolute atomic E-state index is 0.0306. The van der Waals surface area contributed by atoms with Crippen molar-refractivity contribution in [3.05, 3.63) is 58.0 Å². The van der Waals surface area contributed by atoms with E-state index in [1.165, 1.54) is 0 Å². The lowest BCUT2D eigenvalue weighted by molar-refractivity contribution is -0.115.